The normalized spacial score (nSPS) is 13.0. The number of fused-ring (bicyclic) bond motifs is 2. The number of nitrogens with one attached hydrogen (secondary N) is 1. The van der Waals surface area contributed by atoms with E-state index in [1.54, 1.807) is 41.4 Å². The van der Waals surface area contributed by atoms with Gasteiger partial charge in [0.15, 0.2) is 5.82 Å². The third-order valence-electron chi connectivity index (χ3n) is 6.72. The fourth-order valence-corrected chi connectivity index (χ4v) is 4.90. The first-order valence-corrected chi connectivity index (χ1v) is 12.9. The van der Waals surface area contributed by atoms with Gasteiger partial charge in [0.25, 0.3) is 5.91 Å². The van der Waals surface area contributed by atoms with E-state index in [9.17, 15) is 9.59 Å². The molecule has 0 radical (unpaired) electrons. The number of para-hydroxylation sites is 1. The summed E-state index contributed by atoms with van der Waals surface area (Å²) in [4.78, 5) is 34.9. The fourth-order valence-electron chi connectivity index (χ4n) is 4.90. The van der Waals surface area contributed by atoms with Crippen LogP contribution in [-0.4, -0.2) is 40.3 Å². The molecule has 0 unspecified atom stereocenters. The van der Waals surface area contributed by atoms with Crippen molar-refractivity contribution in [1.82, 2.24) is 9.88 Å². The molecule has 2 heterocycles. The van der Waals surface area contributed by atoms with E-state index in [0.29, 0.717) is 34.8 Å². The number of aryl methyl sites for hydroxylation is 1. The van der Waals surface area contributed by atoms with E-state index in [2.05, 4.69) is 55.0 Å². The van der Waals surface area contributed by atoms with Crippen molar-refractivity contribution in [1.29, 1.82) is 0 Å². The second kappa shape index (κ2) is 11.5. The van der Waals surface area contributed by atoms with Crippen molar-refractivity contribution >= 4 is 29.0 Å². The van der Waals surface area contributed by atoms with E-state index >= 15 is 0 Å². The summed E-state index contributed by atoms with van der Waals surface area (Å²) in [6.45, 7) is 10.1. The smallest absolute Gasteiger partial charge is 0.257 e. The number of nitrogens with zero attached hydrogens (tertiary/aromatic N) is 3. The molecule has 1 aromatic heterocycles. The molecule has 0 aliphatic carbocycles. The fraction of sp³-hybridized carbons (Fsp3) is 0.367. The number of carbonyl (C=O) groups is 2. The Morgan fingerprint density at radius 1 is 0.917 bits per heavy atom. The summed E-state index contributed by atoms with van der Waals surface area (Å²) in [7, 11) is 0. The van der Waals surface area contributed by atoms with Crippen molar-refractivity contribution in [2.24, 2.45) is 0 Å². The third-order valence-corrected chi connectivity index (χ3v) is 6.72. The topological polar surface area (TPSA) is 65.5 Å². The summed E-state index contributed by atoms with van der Waals surface area (Å²) >= 11 is 0. The van der Waals surface area contributed by atoms with Gasteiger partial charge in [0.05, 0.1) is 23.4 Å². The number of carbonyl (C=O) groups excluding carboxylic acids is 2. The molecule has 188 valence electrons. The first-order chi connectivity index (χ1) is 17.3. The van der Waals surface area contributed by atoms with E-state index < -0.39 is 0 Å². The molecule has 0 spiro atoms. The van der Waals surface area contributed by atoms with E-state index in [1.807, 2.05) is 18.2 Å². The molecule has 3 aromatic rings. The molecule has 0 saturated heterocycles. The van der Waals surface area contributed by atoms with E-state index in [1.165, 1.54) is 12.0 Å². The minimum atomic E-state index is -0.246. The van der Waals surface area contributed by atoms with Crippen molar-refractivity contribution in [2.75, 3.05) is 16.8 Å². The predicted octanol–water partition coefficient (Wildman–Crippen LogP) is 6.00. The van der Waals surface area contributed by atoms with E-state index in [0.717, 1.165) is 24.9 Å². The average molecular weight is 485 g/mol. The lowest BCUT2D eigenvalue weighted by atomic mass is 10.0. The zero-order chi connectivity index (χ0) is 25.7. The summed E-state index contributed by atoms with van der Waals surface area (Å²) in [5.41, 5.74) is 3.75. The average Bonchev–Trinajstić information content (AvgIpc) is 2.98. The Hall–Kier alpha value is -3.51. The quantitative estimate of drug-likeness (QED) is 0.379. The highest BCUT2D eigenvalue weighted by molar-refractivity contribution is 6.17. The van der Waals surface area contributed by atoms with Gasteiger partial charge < -0.3 is 5.32 Å². The van der Waals surface area contributed by atoms with Crippen LogP contribution in [0, 0.1) is 0 Å². The zero-order valence-electron chi connectivity index (χ0n) is 21.7. The van der Waals surface area contributed by atoms with Crippen LogP contribution in [0.3, 0.4) is 0 Å². The Kier molecular flexibility index (Phi) is 8.16. The number of anilines is 3. The summed E-state index contributed by atoms with van der Waals surface area (Å²) in [6, 6.07) is 20.1. The number of aromatic nitrogens is 1. The standard InChI is InChI=1S/C30H36N4O2/c1-21(2)33(22(3)4)19-8-7-10-23-14-16-24(17-15-23)20-28(35)34-27-13-6-5-11-25(27)30(36)32-26-12-9-18-31-29(26)34/h5-6,9,11-18,21-22H,7-8,10,19-20H2,1-4H3,(H,32,36). The van der Waals surface area contributed by atoms with Crippen LogP contribution in [0.2, 0.25) is 0 Å². The van der Waals surface area contributed by atoms with Crippen LogP contribution in [0.5, 0.6) is 0 Å². The Morgan fingerprint density at radius 3 is 2.33 bits per heavy atom. The Morgan fingerprint density at radius 2 is 1.61 bits per heavy atom. The van der Waals surface area contributed by atoms with Gasteiger partial charge in [0, 0.05) is 18.3 Å². The lowest BCUT2D eigenvalue weighted by Crippen LogP contribution is -2.37. The first-order valence-electron chi connectivity index (χ1n) is 12.9. The SMILES string of the molecule is CC(C)N(CCCCc1ccc(CC(=O)N2c3ccccc3C(=O)Nc3cccnc32)cc1)C(C)C. The summed E-state index contributed by atoms with van der Waals surface area (Å²) in [5.74, 6) is 0.0628. The monoisotopic (exact) mass is 484 g/mol. The van der Waals surface area contributed by atoms with Gasteiger partial charge in [-0.1, -0.05) is 36.4 Å². The number of hydrogen-bond donors (Lipinski definition) is 1. The number of unbranched alkanes of at least 4 members (excludes halogenated alkanes) is 1. The highest BCUT2D eigenvalue weighted by atomic mass is 16.2. The number of rotatable bonds is 9. The minimum absolute atomic E-state index is 0.130. The largest absolute Gasteiger partial charge is 0.319 e. The number of amides is 2. The lowest BCUT2D eigenvalue weighted by molar-refractivity contribution is -0.117. The van der Waals surface area contributed by atoms with Crippen molar-refractivity contribution in [3.05, 3.63) is 83.6 Å². The van der Waals surface area contributed by atoms with Gasteiger partial charge in [-0.25, -0.2) is 4.98 Å². The lowest BCUT2D eigenvalue weighted by Gasteiger charge is -2.30. The van der Waals surface area contributed by atoms with Crippen molar-refractivity contribution < 1.29 is 9.59 Å². The van der Waals surface area contributed by atoms with E-state index in [-0.39, 0.29) is 18.2 Å². The Balaban J connectivity index is 1.43. The van der Waals surface area contributed by atoms with Crippen molar-refractivity contribution in [3.63, 3.8) is 0 Å². The third kappa shape index (κ3) is 5.82. The molecule has 2 amide bonds. The van der Waals surface area contributed by atoms with Gasteiger partial charge in [-0.05, 0) is 88.9 Å². The van der Waals surface area contributed by atoms with Gasteiger partial charge in [0.2, 0.25) is 5.91 Å². The molecule has 4 rings (SSSR count). The Bertz CT molecular complexity index is 1200. The maximum atomic E-state index is 13.6. The maximum absolute atomic E-state index is 13.6. The highest BCUT2D eigenvalue weighted by Gasteiger charge is 2.30. The first kappa shape index (κ1) is 25.6. The van der Waals surface area contributed by atoms with Gasteiger partial charge in [-0.3, -0.25) is 19.4 Å². The second-order valence-electron chi connectivity index (χ2n) is 9.95. The predicted molar refractivity (Wildman–Crippen MR) is 146 cm³/mol. The van der Waals surface area contributed by atoms with Crippen LogP contribution in [0.25, 0.3) is 0 Å². The van der Waals surface area contributed by atoms with Gasteiger partial charge in [-0.15, -0.1) is 0 Å². The molecule has 0 fully saturated rings. The van der Waals surface area contributed by atoms with Crippen molar-refractivity contribution in [3.8, 4) is 0 Å². The molecule has 0 saturated carbocycles. The molecule has 36 heavy (non-hydrogen) atoms. The van der Waals surface area contributed by atoms with Gasteiger partial charge in [-0.2, -0.15) is 0 Å². The maximum Gasteiger partial charge on any atom is 0.257 e. The molecular weight excluding hydrogens is 448 g/mol. The molecule has 1 aliphatic heterocycles. The zero-order valence-corrected chi connectivity index (χ0v) is 21.7. The summed E-state index contributed by atoms with van der Waals surface area (Å²) in [6.07, 6.45) is 5.20. The molecule has 1 N–H and O–H groups in total. The summed E-state index contributed by atoms with van der Waals surface area (Å²) < 4.78 is 0. The highest BCUT2D eigenvalue weighted by Crippen LogP contribution is 2.36. The van der Waals surface area contributed by atoms with Crippen LogP contribution in [0.15, 0.2) is 66.9 Å². The van der Waals surface area contributed by atoms with Crippen LogP contribution in [0.1, 0.15) is 62.0 Å². The number of hydrogen-bond acceptors (Lipinski definition) is 4. The molecule has 0 bridgehead atoms. The minimum Gasteiger partial charge on any atom is -0.319 e. The molecule has 0 atom stereocenters. The van der Waals surface area contributed by atoms with E-state index in [4.69, 9.17) is 0 Å². The van der Waals surface area contributed by atoms with Crippen LogP contribution >= 0.6 is 0 Å². The molecular formula is C30H36N4O2. The Labute approximate surface area is 214 Å². The van der Waals surface area contributed by atoms with Crippen LogP contribution in [-0.2, 0) is 17.6 Å². The molecule has 1 aliphatic rings. The number of benzene rings is 2. The van der Waals surface area contributed by atoms with Crippen LogP contribution < -0.4 is 10.2 Å². The summed E-state index contributed by atoms with van der Waals surface area (Å²) in [5, 5.41) is 2.88. The molecule has 2 aromatic carbocycles. The van der Waals surface area contributed by atoms with Gasteiger partial charge in [0.1, 0.15) is 0 Å². The molecule has 6 nitrogen and oxygen atoms in total. The van der Waals surface area contributed by atoms with Crippen LogP contribution in [0.4, 0.5) is 17.2 Å². The second-order valence-corrected chi connectivity index (χ2v) is 9.95. The van der Waals surface area contributed by atoms with Gasteiger partial charge >= 0.3 is 0 Å². The number of pyridine rings is 1. The van der Waals surface area contributed by atoms with Crippen molar-refractivity contribution in [2.45, 2.75) is 65.5 Å². The molecule has 6 heteroatoms.